The molecular weight excluding hydrogens is 232 g/mol. The summed E-state index contributed by atoms with van der Waals surface area (Å²) in [6.07, 6.45) is 1.34. The summed E-state index contributed by atoms with van der Waals surface area (Å²) in [6, 6.07) is 8.56. The maximum Gasteiger partial charge on any atom is 0.328 e. The van der Waals surface area contributed by atoms with Crippen LogP contribution in [0.1, 0.15) is 15.9 Å². The number of aromatic amines is 1. The maximum atomic E-state index is 11.9. The zero-order valence-corrected chi connectivity index (χ0v) is 9.84. The number of H-pyrrole nitrogens is 1. The van der Waals surface area contributed by atoms with Crippen LogP contribution in [0.2, 0.25) is 0 Å². The average Bonchev–Trinajstić information content (AvgIpc) is 2.40. The summed E-state index contributed by atoms with van der Waals surface area (Å²) in [5, 5.41) is 0. The van der Waals surface area contributed by atoms with Crippen LogP contribution >= 0.6 is 0 Å². The first kappa shape index (κ1) is 12.0. The second-order valence-corrected chi connectivity index (χ2v) is 3.96. The number of Topliss-reactive ketones (excluding diaryl/α,β-unsaturated/α-hetero) is 1. The van der Waals surface area contributed by atoms with Crippen LogP contribution in [0.5, 0.6) is 0 Å². The molecule has 0 unspecified atom stereocenters. The molecule has 0 aliphatic heterocycles. The Morgan fingerprint density at radius 1 is 1.22 bits per heavy atom. The molecule has 5 nitrogen and oxygen atoms in total. The van der Waals surface area contributed by atoms with Crippen molar-refractivity contribution in [3.63, 3.8) is 0 Å². The Balaban J connectivity index is 2.37. The van der Waals surface area contributed by atoms with Crippen LogP contribution < -0.4 is 11.2 Å². The van der Waals surface area contributed by atoms with E-state index in [4.69, 9.17) is 0 Å². The number of nitrogens with one attached hydrogen (secondary N) is 1. The van der Waals surface area contributed by atoms with Crippen molar-refractivity contribution in [3.05, 3.63) is 68.5 Å². The third kappa shape index (κ3) is 2.29. The third-order valence-electron chi connectivity index (χ3n) is 2.64. The topological polar surface area (TPSA) is 71.9 Å². The molecule has 2 aromatic rings. The number of carbonyl (C=O) groups excluding carboxylic acids is 1. The fourth-order valence-electron chi connectivity index (χ4n) is 1.62. The van der Waals surface area contributed by atoms with E-state index >= 15 is 0 Å². The van der Waals surface area contributed by atoms with E-state index in [9.17, 15) is 14.4 Å². The van der Waals surface area contributed by atoms with Crippen molar-refractivity contribution in [2.75, 3.05) is 0 Å². The summed E-state index contributed by atoms with van der Waals surface area (Å²) in [4.78, 5) is 37.6. The Bertz CT molecular complexity index is 683. The molecule has 0 saturated heterocycles. The second kappa shape index (κ2) is 4.83. The SMILES string of the molecule is Cc1c[nH]c(=O)n(CC(=O)c2ccccc2)c1=O. The Morgan fingerprint density at radius 2 is 1.89 bits per heavy atom. The van der Waals surface area contributed by atoms with Crippen LogP contribution in [0.3, 0.4) is 0 Å². The molecule has 0 radical (unpaired) electrons. The van der Waals surface area contributed by atoms with Crippen molar-refractivity contribution in [1.29, 1.82) is 0 Å². The molecule has 1 aromatic heterocycles. The molecule has 5 heteroatoms. The monoisotopic (exact) mass is 244 g/mol. The van der Waals surface area contributed by atoms with E-state index in [1.165, 1.54) is 6.20 Å². The number of benzene rings is 1. The van der Waals surface area contributed by atoms with Gasteiger partial charge in [0.2, 0.25) is 0 Å². The molecule has 0 atom stereocenters. The average molecular weight is 244 g/mol. The number of hydrogen-bond donors (Lipinski definition) is 1. The van der Waals surface area contributed by atoms with Crippen LogP contribution in [0, 0.1) is 6.92 Å². The molecule has 1 N–H and O–H groups in total. The van der Waals surface area contributed by atoms with E-state index in [1.54, 1.807) is 37.3 Å². The molecule has 92 valence electrons. The Labute approximate surface area is 103 Å². The van der Waals surface area contributed by atoms with Crippen molar-refractivity contribution < 1.29 is 4.79 Å². The summed E-state index contributed by atoms with van der Waals surface area (Å²) in [5.74, 6) is -0.270. The van der Waals surface area contributed by atoms with Crippen molar-refractivity contribution in [2.45, 2.75) is 13.5 Å². The first-order valence-corrected chi connectivity index (χ1v) is 5.47. The summed E-state index contributed by atoms with van der Waals surface area (Å²) < 4.78 is 0.907. The number of ketones is 1. The lowest BCUT2D eigenvalue weighted by Gasteiger charge is -2.04. The molecule has 0 aliphatic rings. The lowest BCUT2D eigenvalue weighted by atomic mass is 10.1. The standard InChI is InChI=1S/C13H12N2O3/c1-9-7-14-13(18)15(12(9)17)8-11(16)10-5-3-2-4-6-10/h2-7H,8H2,1H3,(H,14,18). The molecular formula is C13H12N2O3. The number of rotatable bonds is 3. The number of carbonyl (C=O) groups is 1. The lowest BCUT2D eigenvalue weighted by molar-refractivity contribution is 0.0969. The molecule has 0 spiro atoms. The van der Waals surface area contributed by atoms with Gasteiger partial charge in [-0.3, -0.25) is 14.2 Å². The molecule has 1 heterocycles. The van der Waals surface area contributed by atoms with E-state index in [2.05, 4.69) is 4.98 Å². The van der Waals surface area contributed by atoms with Crippen LogP contribution in [-0.4, -0.2) is 15.3 Å². The maximum absolute atomic E-state index is 11.9. The van der Waals surface area contributed by atoms with Crippen LogP contribution in [0.4, 0.5) is 0 Å². The minimum Gasteiger partial charge on any atom is -0.314 e. The highest BCUT2D eigenvalue weighted by Gasteiger charge is 2.10. The largest absolute Gasteiger partial charge is 0.328 e. The molecule has 18 heavy (non-hydrogen) atoms. The number of nitrogens with zero attached hydrogens (tertiary/aromatic N) is 1. The third-order valence-corrected chi connectivity index (χ3v) is 2.64. The first-order chi connectivity index (χ1) is 8.59. The predicted octanol–water partition coefficient (Wildman–Crippen LogP) is 0.728. The van der Waals surface area contributed by atoms with Crippen molar-refractivity contribution in [2.24, 2.45) is 0 Å². The molecule has 0 saturated carbocycles. The quantitative estimate of drug-likeness (QED) is 0.809. The fraction of sp³-hybridized carbons (Fsp3) is 0.154. The minimum absolute atomic E-state index is 0.250. The molecule has 0 fully saturated rings. The van der Waals surface area contributed by atoms with E-state index in [-0.39, 0.29) is 12.3 Å². The van der Waals surface area contributed by atoms with Crippen molar-refractivity contribution in [1.82, 2.24) is 9.55 Å². The molecule has 2 rings (SSSR count). The van der Waals surface area contributed by atoms with Gasteiger partial charge in [-0.1, -0.05) is 30.3 Å². The van der Waals surface area contributed by atoms with Gasteiger partial charge in [-0.25, -0.2) is 4.79 Å². The highest BCUT2D eigenvalue weighted by atomic mass is 16.2. The normalized spacial score (nSPS) is 10.3. The fourth-order valence-corrected chi connectivity index (χ4v) is 1.62. The van der Waals surface area contributed by atoms with Gasteiger partial charge in [0, 0.05) is 17.3 Å². The minimum atomic E-state index is -0.574. The van der Waals surface area contributed by atoms with Gasteiger partial charge >= 0.3 is 5.69 Å². The van der Waals surface area contributed by atoms with Crippen LogP contribution in [0.15, 0.2) is 46.1 Å². The highest BCUT2D eigenvalue weighted by Crippen LogP contribution is 2.00. The molecule has 0 amide bonds. The molecule has 1 aromatic carbocycles. The van der Waals surface area contributed by atoms with Crippen LogP contribution in [0.25, 0.3) is 0 Å². The highest BCUT2D eigenvalue weighted by molar-refractivity contribution is 5.95. The van der Waals surface area contributed by atoms with E-state index in [1.807, 2.05) is 0 Å². The second-order valence-electron chi connectivity index (χ2n) is 3.96. The van der Waals surface area contributed by atoms with Gasteiger partial charge in [0.1, 0.15) is 0 Å². The Morgan fingerprint density at radius 3 is 2.56 bits per heavy atom. The predicted molar refractivity (Wildman–Crippen MR) is 66.8 cm³/mol. The Kier molecular flexibility index (Phi) is 3.23. The van der Waals surface area contributed by atoms with E-state index in [0.717, 1.165) is 4.57 Å². The summed E-state index contributed by atoms with van der Waals surface area (Å²) in [6.45, 7) is 1.33. The van der Waals surface area contributed by atoms with Gasteiger partial charge in [-0.15, -0.1) is 0 Å². The van der Waals surface area contributed by atoms with Crippen molar-refractivity contribution in [3.8, 4) is 0 Å². The van der Waals surface area contributed by atoms with Gasteiger partial charge in [0.25, 0.3) is 5.56 Å². The summed E-state index contributed by atoms with van der Waals surface area (Å²) in [5.41, 5.74) is -0.140. The van der Waals surface area contributed by atoms with Gasteiger partial charge in [0.15, 0.2) is 5.78 Å². The molecule has 0 bridgehead atoms. The first-order valence-electron chi connectivity index (χ1n) is 5.47. The van der Waals surface area contributed by atoms with Gasteiger partial charge < -0.3 is 4.98 Å². The van der Waals surface area contributed by atoms with Crippen LogP contribution in [-0.2, 0) is 6.54 Å². The van der Waals surface area contributed by atoms with E-state index in [0.29, 0.717) is 11.1 Å². The van der Waals surface area contributed by atoms with Crippen molar-refractivity contribution >= 4 is 5.78 Å². The zero-order valence-electron chi connectivity index (χ0n) is 9.84. The van der Waals surface area contributed by atoms with Gasteiger partial charge in [-0.2, -0.15) is 0 Å². The summed E-state index contributed by atoms with van der Waals surface area (Å²) >= 11 is 0. The Hall–Kier alpha value is -2.43. The van der Waals surface area contributed by atoms with Gasteiger partial charge in [0.05, 0.1) is 6.54 Å². The smallest absolute Gasteiger partial charge is 0.314 e. The number of hydrogen-bond acceptors (Lipinski definition) is 3. The zero-order chi connectivity index (χ0) is 13.1. The number of aromatic nitrogens is 2. The summed E-state index contributed by atoms with van der Waals surface area (Å²) in [7, 11) is 0. The van der Waals surface area contributed by atoms with Gasteiger partial charge in [-0.05, 0) is 6.92 Å². The number of aryl methyl sites for hydroxylation is 1. The van der Waals surface area contributed by atoms with E-state index < -0.39 is 11.2 Å². The molecule has 0 aliphatic carbocycles. The lowest BCUT2D eigenvalue weighted by Crippen LogP contribution is -2.38.